The molecule has 1 saturated heterocycles. The highest BCUT2D eigenvalue weighted by Gasteiger charge is 2.23. The molecule has 1 heterocycles. The molecule has 0 radical (unpaired) electrons. The number of carbonyl (C=O) groups is 1. The number of nitrogens with zero attached hydrogens (tertiary/aromatic N) is 2. The normalized spacial score (nSPS) is 17.6. The first-order valence-corrected chi connectivity index (χ1v) is 10.1. The molecule has 1 fully saturated rings. The van der Waals surface area contributed by atoms with Gasteiger partial charge >= 0.3 is 0 Å². The van der Waals surface area contributed by atoms with E-state index in [1.807, 2.05) is 12.1 Å². The largest absolute Gasteiger partial charge is 0.494 e. The standard InChI is InChI=1S/C21H34N4O2/c1-3-23-21(25-13-6-7-18(16-25)15-20(22)26)24-12-4-5-14-27-19-10-8-17(2)9-11-19/h8-11,18H,3-7,12-16H2,1-2H3,(H2,22,26)(H,23,24). The highest BCUT2D eigenvalue weighted by molar-refractivity contribution is 5.80. The van der Waals surface area contributed by atoms with E-state index < -0.39 is 0 Å². The van der Waals surface area contributed by atoms with Crippen molar-refractivity contribution in [3.63, 3.8) is 0 Å². The number of likely N-dealkylation sites (tertiary alicyclic amines) is 1. The third-order valence-electron chi connectivity index (χ3n) is 4.75. The number of piperidine rings is 1. The van der Waals surface area contributed by atoms with E-state index in [0.29, 0.717) is 18.9 Å². The summed E-state index contributed by atoms with van der Waals surface area (Å²) < 4.78 is 5.76. The van der Waals surface area contributed by atoms with Crippen molar-refractivity contribution in [1.82, 2.24) is 10.2 Å². The van der Waals surface area contributed by atoms with Gasteiger partial charge in [0.15, 0.2) is 5.96 Å². The minimum atomic E-state index is -0.211. The van der Waals surface area contributed by atoms with Gasteiger partial charge in [-0.3, -0.25) is 9.79 Å². The number of benzene rings is 1. The number of ether oxygens (including phenoxy) is 1. The number of rotatable bonds is 9. The van der Waals surface area contributed by atoms with E-state index in [2.05, 4.69) is 36.2 Å². The Morgan fingerprint density at radius 2 is 2.11 bits per heavy atom. The van der Waals surface area contributed by atoms with E-state index in [9.17, 15) is 4.79 Å². The van der Waals surface area contributed by atoms with Gasteiger partial charge in [-0.05, 0) is 57.6 Å². The molecule has 2 rings (SSSR count). The van der Waals surface area contributed by atoms with Gasteiger partial charge in [0.1, 0.15) is 5.75 Å². The van der Waals surface area contributed by atoms with Crippen molar-refractivity contribution in [3.8, 4) is 5.75 Å². The lowest BCUT2D eigenvalue weighted by Crippen LogP contribution is -2.47. The fraction of sp³-hybridized carbons (Fsp3) is 0.619. The number of carbonyl (C=O) groups excluding carboxylic acids is 1. The zero-order chi connectivity index (χ0) is 19.5. The molecule has 3 N–H and O–H groups in total. The number of guanidine groups is 1. The molecule has 0 aliphatic carbocycles. The van der Waals surface area contributed by atoms with E-state index >= 15 is 0 Å². The van der Waals surface area contributed by atoms with Crippen LogP contribution >= 0.6 is 0 Å². The van der Waals surface area contributed by atoms with Gasteiger partial charge in [0.05, 0.1) is 6.61 Å². The Morgan fingerprint density at radius 1 is 1.33 bits per heavy atom. The number of primary amides is 1. The second kappa shape index (κ2) is 11.5. The van der Waals surface area contributed by atoms with Gasteiger partial charge in [0.25, 0.3) is 0 Å². The number of unbranched alkanes of at least 4 members (excludes halogenated alkanes) is 1. The zero-order valence-electron chi connectivity index (χ0n) is 16.7. The maximum Gasteiger partial charge on any atom is 0.217 e. The topological polar surface area (TPSA) is 80.0 Å². The predicted molar refractivity (Wildman–Crippen MR) is 110 cm³/mol. The Bertz CT molecular complexity index is 601. The molecule has 1 atom stereocenters. The second-order valence-electron chi connectivity index (χ2n) is 7.23. The lowest BCUT2D eigenvalue weighted by molar-refractivity contribution is -0.119. The summed E-state index contributed by atoms with van der Waals surface area (Å²) in [6.07, 6.45) is 4.56. The molecule has 1 aliphatic rings. The first-order chi connectivity index (χ1) is 13.1. The molecule has 27 heavy (non-hydrogen) atoms. The molecule has 0 aromatic heterocycles. The lowest BCUT2D eigenvalue weighted by Gasteiger charge is -2.34. The zero-order valence-corrected chi connectivity index (χ0v) is 16.7. The monoisotopic (exact) mass is 374 g/mol. The van der Waals surface area contributed by atoms with Crippen molar-refractivity contribution in [2.24, 2.45) is 16.6 Å². The molecule has 0 spiro atoms. The highest BCUT2D eigenvalue weighted by atomic mass is 16.5. The maximum atomic E-state index is 11.2. The van der Waals surface area contributed by atoms with Gasteiger partial charge in [-0.1, -0.05) is 17.7 Å². The third kappa shape index (κ3) is 7.89. The number of aryl methyl sites for hydroxylation is 1. The molecule has 6 nitrogen and oxygen atoms in total. The third-order valence-corrected chi connectivity index (χ3v) is 4.75. The Morgan fingerprint density at radius 3 is 2.81 bits per heavy atom. The van der Waals surface area contributed by atoms with Crippen molar-refractivity contribution in [1.29, 1.82) is 0 Å². The minimum absolute atomic E-state index is 0.211. The molecule has 0 saturated carbocycles. The second-order valence-corrected chi connectivity index (χ2v) is 7.23. The number of amides is 1. The van der Waals surface area contributed by atoms with Crippen molar-refractivity contribution in [3.05, 3.63) is 29.8 Å². The molecule has 1 aromatic carbocycles. The van der Waals surface area contributed by atoms with Gasteiger partial charge < -0.3 is 20.7 Å². The van der Waals surface area contributed by atoms with E-state index in [0.717, 1.165) is 63.6 Å². The fourth-order valence-electron chi connectivity index (χ4n) is 3.36. The number of aliphatic imine (C=N–C) groups is 1. The lowest BCUT2D eigenvalue weighted by atomic mass is 9.95. The summed E-state index contributed by atoms with van der Waals surface area (Å²) in [7, 11) is 0. The van der Waals surface area contributed by atoms with Crippen LogP contribution in [-0.4, -0.2) is 49.6 Å². The molecule has 0 bridgehead atoms. The van der Waals surface area contributed by atoms with Crippen LogP contribution in [0.2, 0.25) is 0 Å². The van der Waals surface area contributed by atoms with Gasteiger partial charge in [-0.25, -0.2) is 0 Å². The van der Waals surface area contributed by atoms with Crippen molar-refractivity contribution < 1.29 is 9.53 Å². The van der Waals surface area contributed by atoms with Gasteiger partial charge in [0, 0.05) is 32.6 Å². The molecular formula is C21H34N4O2. The Kier molecular flexibility index (Phi) is 8.95. The van der Waals surface area contributed by atoms with Crippen molar-refractivity contribution in [2.45, 2.75) is 46.0 Å². The van der Waals surface area contributed by atoms with E-state index in [4.69, 9.17) is 15.5 Å². The summed E-state index contributed by atoms with van der Waals surface area (Å²) >= 11 is 0. The first-order valence-electron chi connectivity index (χ1n) is 10.1. The minimum Gasteiger partial charge on any atom is -0.494 e. The van der Waals surface area contributed by atoms with E-state index in [1.165, 1.54) is 5.56 Å². The average Bonchev–Trinajstić information content (AvgIpc) is 2.65. The quantitative estimate of drug-likeness (QED) is 0.396. The fourth-order valence-corrected chi connectivity index (χ4v) is 3.36. The van der Waals surface area contributed by atoms with Crippen molar-refractivity contribution >= 4 is 11.9 Å². The van der Waals surface area contributed by atoms with Gasteiger partial charge in [-0.2, -0.15) is 0 Å². The van der Waals surface area contributed by atoms with Gasteiger partial charge in [-0.15, -0.1) is 0 Å². The molecular weight excluding hydrogens is 340 g/mol. The highest BCUT2D eigenvalue weighted by Crippen LogP contribution is 2.19. The Balaban J connectivity index is 1.73. The van der Waals surface area contributed by atoms with Crippen molar-refractivity contribution in [2.75, 3.05) is 32.8 Å². The molecule has 6 heteroatoms. The van der Waals surface area contributed by atoms with Crippen LogP contribution in [0.5, 0.6) is 5.75 Å². The predicted octanol–water partition coefficient (Wildman–Crippen LogP) is 2.71. The van der Waals surface area contributed by atoms with E-state index in [1.54, 1.807) is 0 Å². The maximum absolute atomic E-state index is 11.2. The van der Waals surface area contributed by atoms with Crippen LogP contribution in [0.1, 0.15) is 44.6 Å². The first kappa shape index (κ1) is 21.1. The molecule has 1 amide bonds. The van der Waals surface area contributed by atoms with Crippen LogP contribution in [0, 0.1) is 12.8 Å². The SMILES string of the molecule is CCNC(=NCCCCOc1ccc(C)cc1)N1CCCC(CC(N)=O)C1. The van der Waals surface area contributed by atoms with Gasteiger partial charge in [0.2, 0.25) is 5.91 Å². The number of nitrogens with one attached hydrogen (secondary N) is 1. The summed E-state index contributed by atoms with van der Waals surface area (Å²) in [6, 6.07) is 8.14. The number of hydrogen-bond donors (Lipinski definition) is 2. The summed E-state index contributed by atoms with van der Waals surface area (Å²) in [5.41, 5.74) is 6.60. The summed E-state index contributed by atoms with van der Waals surface area (Å²) in [6.45, 7) is 8.31. The van der Waals surface area contributed by atoms with Crippen LogP contribution < -0.4 is 15.8 Å². The smallest absolute Gasteiger partial charge is 0.217 e. The Hall–Kier alpha value is -2.24. The summed E-state index contributed by atoms with van der Waals surface area (Å²) in [4.78, 5) is 18.2. The average molecular weight is 375 g/mol. The van der Waals surface area contributed by atoms with Crippen LogP contribution in [0.15, 0.2) is 29.3 Å². The van der Waals surface area contributed by atoms with Crippen LogP contribution in [-0.2, 0) is 4.79 Å². The molecule has 1 unspecified atom stereocenters. The number of hydrogen-bond acceptors (Lipinski definition) is 3. The summed E-state index contributed by atoms with van der Waals surface area (Å²) in [5.74, 6) is 2.00. The van der Waals surface area contributed by atoms with E-state index in [-0.39, 0.29) is 5.91 Å². The molecule has 1 aliphatic heterocycles. The van der Waals surface area contributed by atoms with Crippen LogP contribution in [0.3, 0.4) is 0 Å². The summed E-state index contributed by atoms with van der Waals surface area (Å²) in [5, 5.41) is 3.38. The van der Waals surface area contributed by atoms with Crippen LogP contribution in [0.4, 0.5) is 0 Å². The van der Waals surface area contributed by atoms with Crippen LogP contribution in [0.25, 0.3) is 0 Å². The molecule has 150 valence electrons. The number of nitrogens with two attached hydrogens (primary N) is 1. The molecule has 1 aromatic rings. The Labute approximate surface area is 163 Å².